The van der Waals surface area contributed by atoms with E-state index in [1.165, 1.54) is 10.5 Å². The van der Waals surface area contributed by atoms with Crippen molar-refractivity contribution in [1.82, 2.24) is 5.32 Å². The molecule has 15 heavy (non-hydrogen) atoms. The van der Waals surface area contributed by atoms with Crippen LogP contribution in [0.4, 0.5) is 0 Å². The van der Waals surface area contributed by atoms with E-state index in [1.807, 2.05) is 11.8 Å². The van der Waals surface area contributed by atoms with Crippen molar-refractivity contribution in [3.05, 3.63) is 29.8 Å². The van der Waals surface area contributed by atoms with Crippen molar-refractivity contribution >= 4 is 11.8 Å². The van der Waals surface area contributed by atoms with Gasteiger partial charge < -0.3 is 10.4 Å². The summed E-state index contributed by atoms with van der Waals surface area (Å²) in [5.41, 5.74) is 1.30. The van der Waals surface area contributed by atoms with Gasteiger partial charge in [-0.05, 0) is 26.0 Å². The number of rotatable bonds is 6. The molecule has 0 aromatic heterocycles. The third-order valence-corrected chi connectivity index (χ3v) is 3.40. The number of hydrogen-bond acceptors (Lipinski definition) is 3. The second kappa shape index (κ2) is 6.88. The smallest absolute Gasteiger partial charge is 0.0556 e. The van der Waals surface area contributed by atoms with Gasteiger partial charge in [0.05, 0.1) is 6.61 Å². The van der Waals surface area contributed by atoms with Gasteiger partial charge in [-0.25, -0.2) is 0 Å². The molecule has 0 amide bonds. The SMILES string of the molecule is Cc1ccc(SCC(C)NCCO)cc1. The largest absolute Gasteiger partial charge is 0.395 e. The van der Waals surface area contributed by atoms with Crippen LogP contribution >= 0.6 is 11.8 Å². The molecular formula is C12H19NOS. The minimum absolute atomic E-state index is 0.208. The molecule has 0 saturated heterocycles. The molecule has 0 heterocycles. The molecule has 0 aliphatic rings. The molecule has 1 aromatic carbocycles. The maximum absolute atomic E-state index is 8.66. The Bertz CT molecular complexity index is 273. The van der Waals surface area contributed by atoms with Gasteiger partial charge in [0.2, 0.25) is 0 Å². The Morgan fingerprint density at radius 2 is 2.00 bits per heavy atom. The predicted octanol–water partition coefficient (Wildman–Crippen LogP) is 2.06. The molecule has 0 radical (unpaired) electrons. The molecule has 0 fully saturated rings. The molecule has 0 spiro atoms. The van der Waals surface area contributed by atoms with Crippen LogP contribution in [0.3, 0.4) is 0 Å². The lowest BCUT2D eigenvalue weighted by Crippen LogP contribution is -2.30. The minimum Gasteiger partial charge on any atom is -0.395 e. The second-order valence-corrected chi connectivity index (χ2v) is 4.80. The van der Waals surface area contributed by atoms with E-state index in [0.29, 0.717) is 12.6 Å². The highest BCUT2D eigenvalue weighted by Crippen LogP contribution is 2.18. The number of aliphatic hydroxyl groups excluding tert-OH is 1. The molecule has 0 aliphatic carbocycles. The molecule has 1 rings (SSSR count). The maximum Gasteiger partial charge on any atom is 0.0556 e. The Morgan fingerprint density at radius 1 is 1.33 bits per heavy atom. The van der Waals surface area contributed by atoms with E-state index < -0.39 is 0 Å². The highest BCUT2D eigenvalue weighted by atomic mass is 32.2. The first-order valence-corrected chi connectivity index (χ1v) is 6.24. The Balaban J connectivity index is 2.27. The molecule has 84 valence electrons. The van der Waals surface area contributed by atoms with Gasteiger partial charge >= 0.3 is 0 Å². The Labute approximate surface area is 96.1 Å². The molecule has 1 unspecified atom stereocenters. The van der Waals surface area contributed by atoms with Crippen molar-refractivity contribution in [2.45, 2.75) is 24.8 Å². The first-order chi connectivity index (χ1) is 7.22. The number of aryl methyl sites for hydroxylation is 1. The van der Waals surface area contributed by atoms with Crippen LogP contribution in [-0.2, 0) is 0 Å². The van der Waals surface area contributed by atoms with Gasteiger partial charge in [-0.15, -0.1) is 11.8 Å². The average molecular weight is 225 g/mol. The van der Waals surface area contributed by atoms with Gasteiger partial charge in [0, 0.05) is 23.2 Å². The first-order valence-electron chi connectivity index (χ1n) is 5.26. The maximum atomic E-state index is 8.66. The monoisotopic (exact) mass is 225 g/mol. The van der Waals surface area contributed by atoms with E-state index >= 15 is 0 Å². The standard InChI is InChI=1S/C12H19NOS/c1-10-3-5-12(6-4-10)15-9-11(2)13-7-8-14/h3-6,11,13-14H,7-9H2,1-2H3. The van der Waals surface area contributed by atoms with E-state index in [4.69, 9.17) is 5.11 Å². The van der Waals surface area contributed by atoms with Crippen LogP contribution in [0.2, 0.25) is 0 Å². The Hall–Kier alpha value is -0.510. The van der Waals surface area contributed by atoms with Crippen LogP contribution in [0.5, 0.6) is 0 Å². The first kappa shape index (κ1) is 12.6. The van der Waals surface area contributed by atoms with Crippen LogP contribution in [0.25, 0.3) is 0 Å². The number of hydrogen-bond donors (Lipinski definition) is 2. The molecule has 1 aromatic rings. The van der Waals surface area contributed by atoms with Crippen molar-refractivity contribution in [3.63, 3.8) is 0 Å². The summed E-state index contributed by atoms with van der Waals surface area (Å²) in [6.45, 7) is 5.12. The van der Waals surface area contributed by atoms with Crippen molar-refractivity contribution < 1.29 is 5.11 Å². The molecule has 0 bridgehead atoms. The molecule has 0 aliphatic heterocycles. The molecule has 1 atom stereocenters. The molecule has 2 N–H and O–H groups in total. The fourth-order valence-corrected chi connectivity index (χ4v) is 2.11. The summed E-state index contributed by atoms with van der Waals surface area (Å²) in [6.07, 6.45) is 0. The van der Waals surface area contributed by atoms with Crippen LogP contribution in [0, 0.1) is 6.92 Å². The third kappa shape index (κ3) is 5.21. The zero-order valence-corrected chi connectivity index (χ0v) is 10.2. The van der Waals surface area contributed by atoms with E-state index in [0.717, 1.165) is 5.75 Å². The lowest BCUT2D eigenvalue weighted by molar-refractivity contribution is 0.288. The predicted molar refractivity (Wildman–Crippen MR) is 66.5 cm³/mol. The van der Waals surface area contributed by atoms with Gasteiger partial charge in [0.15, 0.2) is 0 Å². The normalized spacial score (nSPS) is 12.7. The van der Waals surface area contributed by atoms with Gasteiger partial charge in [-0.1, -0.05) is 17.7 Å². The van der Waals surface area contributed by atoms with Crippen LogP contribution in [-0.4, -0.2) is 30.1 Å². The summed E-state index contributed by atoms with van der Waals surface area (Å²) in [6, 6.07) is 9.00. The summed E-state index contributed by atoms with van der Waals surface area (Å²) in [5, 5.41) is 11.9. The number of nitrogens with one attached hydrogen (secondary N) is 1. The van der Waals surface area contributed by atoms with Crippen LogP contribution < -0.4 is 5.32 Å². The summed E-state index contributed by atoms with van der Waals surface area (Å²) >= 11 is 1.84. The van der Waals surface area contributed by atoms with Gasteiger partial charge in [0.1, 0.15) is 0 Å². The molecular weight excluding hydrogens is 206 g/mol. The highest BCUT2D eigenvalue weighted by molar-refractivity contribution is 7.99. The minimum atomic E-state index is 0.208. The molecule has 3 heteroatoms. The number of aliphatic hydroxyl groups is 1. The van der Waals surface area contributed by atoms with Crippen molar-refractivity contribution in [1.29, 1.82) is 0 Å². The van der Waals surface area contributed by atoms with E-state index in [1.54, 1.807) is 0 Å². The quantitative estimate of drug-likeness (QED) is 0.727. The van der Waals surface area contributed by atoms with Crippen molar-refractivity contribution in [2.75, 3.05) is 18.9 Å². The van der Waals surface area contributed by atoms with Crippen LogP contribution in [0.1, 0.15) is 12.5 Å². The zero-order chi connectivity index (χ0) is 11.1. The average Bonchev–Trinajstić information content (AvgIpc) is 2.25. The highest BCUT2D eigenvalue weighted by Gasteiger charge is 2.01. The van der Waals surface area contributed by atoms with Gasteiger partial charge in [-0.3, -0.25) is 0 Å². The number of thioether (sulfide) groups is 1. The summed E-state index contributed by atoms with van der Waals surface area (Å²) in [5.74, 6) is 1.03. The van der Waals surface area contributed by atoms with Gasteiger partial charge in [0.25, 0.3) is 0 Å². The molecule has 2 nitrogen and oxygen atoms in total. The molecule has 0 saturated carbocycles. The topological polar surface area (TPSA) is 32.3 Å². The zero-order valence-electron chi connectivity index (χ0n) is 9.36. The fraction of sp³-hybridized carbons (Fsp3) is 0.500. The van der Waals surface area contributed by atoms with Crippen molar-refractivity contribution in [3.8, 4) is 0 Å². The van der Waals surface area contributed by atoms with E-state index in [2.05, 4.69) is 43.4 Å². The van der Waals surface area contributed by atoms with Gasteiger partial charge in [-0.2, -0.15) is 0 Å². The van der Waals surface area contributed by atoms with Crippen molar-refractivity contribution in [2.24, 2.45) is 0 Å². The summed E-state index contributed by atoms with van der Waals surface area (Å²) in [7, 11) is 0. The Kier molecular flexibility index (Phi) is 5.76. The van der Waals surface area contributed by atoms with Crippen LogP contribution in [0.15, 0.2) is 29.2 Å². The Morgan fingerprint density at radius 3 is 2.60 bits per heavy atom. The van der Waals surface area contributed by atoms with E-state index in [-0.39, 0.29) is 6.61 Å². The summed E-state index contributed by atoms with van der Waals surface area (Å²) < 4.78 is 0. The summed E-state index contributed by atoms with van der Waals surface area (Å²) in [4.78, 5) is 1.30. The number of benzene rings is 1. The second-order valence-electron chi connectivity index (χ2n) is 3.70. The lowest BCUT2D eigenvalue weighted by atomic mass is 10.2. The van der Waals surface area contributed by atoms with E-state index in [9.17, 15) is 0 Å². The lowest BCUT2D eigenvalue weighted by Gasteiger charge is -2.12. The fourth-order valence-electron chi connectivity index (χ4n) is 1.23. The third-order valence-electron chi connectivity index (χ3n) is 2.13.